The number of nitrogens with zero attached hydrogens (tertiary/aromatic N) is 2. The topological polar surface area (TPSA) is 73.2 Å². The molecule has 1 N–H and O–H groups in total. The van der Waals surface area contributed by atoms with E-state index in [0.29, 0.717) is 10.2 Å². The zero-order valence-corrected chi connectivity index (χ0v) is 17.3. The highest BCUT2D eigenvalue weighted by Crippen LogP contribution is 2.31. The van der Waals surface area contributed by atoms with Gasteiger partial charge in [0.1, 0.15) is 17.0 Å². The van der Waals surface area contributed by atoms with Gasteiger partial charge >= 0.3 is 6.61 Å². The standard InChI is InChI=1S/C21H14ClF2N3O3S/c22-14-8-13(6-7-16(14)30-21(23)24)26-18(28)10-27-11-25-15-9-17(31-19(15)20(27)29)12-4-2-1-3-5-12/h1-9,11,21H,10H2,(H,26,28). The van der Waals surface area contributed by atoms with Gasteiger partial charge in [-0.25, -0.2) is 4.98 Å². The monoisotopic (exact) mass is 461 g/mol. The van der Waals surface area contributed by atoms with Crippen LogP contribution in [0.2, 0.25) is 5.02 Å². The number of ether oxygens (including phenoxy) is 1. The molecule has 10 heteroatoms. The lowest BCUT2D eigenvalue weighted by atomic mass is 10.2. The van der Waals surface area contributed by atoms with E-state index in [4.69, 9.17) is 11.6 Å². The number of hydrogen-bond donors (Lipinski definition) is 1. The molecular weight excluding hydrogens is 448 g/mol. The summed E-state index contributed by atoms with van der Waals surface area (Å²) in [6, 6.07) is 15.3. The molecule has 4 rings (SSSR count). The zero-order chi connectivity index (χ0) is 22.0. The molecule has 0 saturated carbocycles. The lowest BCUT2D eigenvalue weighted by Gasteiger charge is -2.10. The van der Waals surface area contributed by atoms with Gasteiger partial charge in [0, 0.05) is 10.6 Å². The van der Waals surface area contributed by atoms with E-state index >= 15 is 0 Å². The molecule has 2 aromatic carbocycles. The van der Waals surface area contributed by atoms with Gasteiger partial charge < -0.3 is 10.1 Å². The molecule has 1 amide bonds. The molecule has 0 aliphatic carbocycles. The number of hydrogen-bond acceptors (Lipinski definition) is 5. The molecule has 0 bridgehead atoms. The molecule has 0 radical (unpaired) electrons. The summed E-state index contributed by atoms with van der Waals surface area (Å²) in [4.78, 5) is 30.4. The number of benzene rings is 2. The van der Waals surface area contributed by atoms with Crippen LogP contribution in [0, 0.1) is 0 Å². The first kappa shape index (κ1) is 21.0. The van der Waals surface area contributed by atoms with Crippen LogP contribution in [0.3, 0.4) is 0 Å². The van der Waals surface area contributed by atoms with E-state index in [2.05, 4.69) is 15.0 Å². The van der Waals surface area contributed by atoms with Crippen LogP contribution in [-0.4, -0.2) is 22.1 Å². The summed E-state index contributed by atoms with van der Waals surface area (Å²) >= 11 is 7.20. The van der Waals surface area contributed by atoms with Crippen molar-refractivity contribution >= 4 is 44.7 Å². The maximum Gasteiger partial charge on any atom is 0.387 e. The normalized spacial score (nSPS) is 11.1. The summed E-state index contributed by atoms with van der Waals surface area (Å²) in [5.41, 5.74) is 1.49. The molecule has 0 unspecified atom stereocenters. The number of rotatable bonds is 6. The molecule has 2 heterocycles. The smallest absolute Gasteiger partial charge is 0.387 e. The van der Waals surface area contributed by atoms with Gasteiger partial charge in [-0.3, -0.25) is 14.2 Å². The van der Waals surface area contributed by atoms with Crippen LogP contribution < -0.4 is 15.6 Å². The molecule has 158 valence electrons. The van der Waals surface area contributed by atoms with Crippen LogP contribution in [0.15, 0.2) is 65.7 Å². The second kappa shape index (κ2) is 8.83. The summed E-state index contributed by atoms with van der Waals surface area (Å²) in [7, 11) is 0. The van der Waals surface area contributed by atoms with Crippen molar-refractivity contribution in [2.24, 2.45) is 0 Å². The molecule has 6 nitrogen and oxygen atoms in total. The third-order valence-corrected chi connectivity index (χ3v) is 5.76. The van der Waals surface area contributed by atoms with E-state index in [1.807, 2.05) is 36.4 Å². The Morgan fingerprint density at radius 2 is 1.97 bits per heavy atom. The molecule has 0 spiro atoms. The van der Waals surface area contributed by atoms with Crippen LogP contribution in [0.4, 0.5) is 14.5 Å². The van der Waals surface area contributed by atoms with Crippen molar-refractivity contribution in [3.63, 3.8) is 0 Å². The van der Waals surface area contributed by atoms with Gasteiger partial charge in [0.25, 0.3) is 5.56 Å². The first-order valence-corrected chi connectivity index (χ1v) is 10.2. The van der Waals surface area contributed by atoms with Gasteiger partial charge in [-0.15, -0.1) is 11.3 Å². The van der Waals surface area contributed by atoms with Crippen LogP contribution in [0.25, 0.3) is 20.7 Å². The summed E-state index contributed by atoms with van der Waals surface area (Å²) in [6.07, 6.45) is 1.32. The number of thiophene rings is 1. The minimum Gasteiger partial charge on any atom is -0.433 e. The highest BCUT2D eigenvalue weighted by molar-refractivity contribution is 7.22. The van der Waals surface area contributed by atoms with E-state index in [0.717, 1.165) is 10.4 Å². The van der Waals surface area contributed by atoms with Gasteiger partial charge in [-0.2, -0.15) is 8.78 Å². The largest absolute Gasteiger partial charge is 0.433 e. The van der Waals surface area contributed by atoms with Crippen molar-refractivity contribution in [3.8, 4) is 16.2 Å². The van der Waals surface area contributed by atoms with Crippen molar-refractivity contribution < 1.29 is 18.3 Å². The van der Waals surface area contributed by atoms with Crippen molar-refractivity contribution in [1.82, 2.24) is 9.55 Å². The number of fused-ring (bicyclic) bond motifs is 1. The quantitative estimate of drug-likeness (QED) is 0.437. The molecule has 4 aromatic rings. The molecule has 0 aliphatic rings. The lowest BCUT2D eigenvalue weighted by molar-refractivity contribution is -0.116. The molecule has 0 fully saturated rings. The first-order valence-electron chi connectivity index (χ1n) is 8.99. The van der Waals surface area contributed by atoms with E-state index in [1.165, 1.54) is 40.4 Å². The number of alkyl halides is 2. The predicted molar refractivity (Wildman–Crippen MR) is 116 cm³/mol. The highest BCUT2D eigenvalue weighted by Gasteiger charge is 2.14. The Kier molecular flexibility index (Phi) is 5.97. The van der Waals surface area contributed by atoms with Gasteiger partial charge in [0.2, 0.25) is 5.91 Å². The summed E-state index contributed by atoms with van der Waals surface area (Å²) in [5, 5.41) is 2.49. The Morgan fingerprint density at radius 3 is 2.68 bits per heavy atom. The second-order valence-electron chi connectivity index (χ2n) is 6.44. The SMILES string of the molecule is O=C(Cn1cnc2cc(-c3ccccc3)sc2c1=O)Nc1ccc(OC(F)F)c(Cl)c1. The number of carbonyl (C=O) groups excluding carboxylic acids is 1. The average molecular weight is 462 g/mol. The fourth-order valence-electron chi connectivity index (χ4n) is 2.93. The van der Waals surface area contributed by atoms with Crippen molar-refractivity contribution in [2.75, 3.05) is 5.32 Å². The minimum atomic E-state index is -3.01. The Hall–Kier alpha value is -3.30. The van der Waals surface area contributed by atoms with Crippen molar-refractivity contribution in [3.05, 3.63) is 76.3 Å². The second-order valence-corrected chi connectivity index (χ2v) is 7.90. The highest BCUT2D eigenvalue weighted by atomic mass is 35.5. The summed E-state index contributed by atoms with van der Waals surface area (Å²) in [6.45, 7) is -3.28. The maximum absolute atomic E-state index is 12.8. The van der Waals surface area contributed by atoms with Crippen LogP contribution in [0.1, 0.15) is 0 Å². The lowest BCUT2D eigenvalue weighted by Crippen LogP contribution is -2.27. The molecular formula is C21H14ClF2N3O3S. The first-order chi connectivity index (χ1) is 14.9. The zero-order valence-electron chi connectivity index (χ0n) is 15.7. The Balaban J connectivity index is 1.52. The van der Waals surface area contributed by atoms with E-state index < -0.39 is 12.5 Å². The molecule has 2 aromatic heterocycles. The minimum absolute atomic E-state index is 0.0784. The van der Waals surface area contributed by atoms with Crippen molar-refractivity contribution in [2.45, 2.75) is 13.2 Å². The Morgan fingerprint density at radius 1 is 1.19 bits per heavy atom. The van der Waals surface area contributed by atoms with Crippen molar-refractivity contribution in [1.29, 1.82) is 0 Å². The van der Waals surface area contributed by atoms with Gasteiger partial charge in [-0.1, -0.05) is 41.9 Å². The van der Waals surface area contributed by atoms with E-state index in [-0.39, 0.29) is 28.6 Å². The Labute approximate surface area is 183 Å². The molecule has 0 aliphatic heterocycles. The number of halogens is 3. The fraction of sp³-hybridized carbons (Fsp3) is 0.0952. The predicted octanol–water partition coefficient (Wildman–Crippen LogP) is 5.02. The van der Waals surface area contributed by atoms with Gasteiger partial charge in [0.05, 0.1) is 16.9 Å². The van der Waals surface area contributed by atoms with Gasteiger partial charge in [0.15, 0.2) is 0 Å². The third kappa shape index (κ3) is 4.73. The molecule has 0 atom stereocenters. The summed E-state index contributed by atoms with van der Waals surface area (Å²) in [5.74, 6) is -0.700. The number of amides is 1. The summed E-state index contributed by atoms with van der Waals surface area (Å²) < 4.78 is 30.5. The fourth-order valence-corrected chi connectivity index (χ4v) is 4.22. The van der Waals surface area contributed by atoms with E-state index in [1.54, 1.807) is 0 Å². The van der Waals surface area contributed by atoms with E-state index in [9.17, 15) is 18.4 Å². The van der Waals surface area contributed by atoms with Crippen LogP contribution in [-0.2, 0) is 11.3 Å². The average Bonchev–Trinajstić information content (AvgIpc) is 3.18. The number of aromatic nitrogens is 2. The molecule has 31 heavy (non-hydrogen) atoms. The van der Waals surface area contributed by atoms with Gasteiger partial charge in [-0.05, 0) is 29.8 Å². The third-order valence-electron chi connectivity index (χ3n) is 4.31. The number of nitrogens with one attached hydrogen (secondary N) is 1. The van der Waals surface area contributed by atoms with Crippen LogP contribution in [0.5, 0.6) is 5.75 Å². The number of carbonyl (C=O) groups is 1. The molecule has 0 saturated heterocycles. The maximum atomic E-state index is 12.8. The van der Waals surface area contributed by atoms with Crippen LogP contribution >= 0.6 is 22.9 Å². The number of anilines is 1. The Bertz CT molecular complexity index is 1310.